The number of carbonyl (C=O) groups is 2. The minimum atomic E-state index is -5.19. The fourth-order valence-electron chi connectivity index (χ4n) is 10.2. The number of carbonyl (C=O) groups excluding carboxylic acids is 2. The minimum Gasteiger partial charge on any atom is -0.336 e. The Balaban J connectivity index is 0.000000285. The highest BCUT2D eigenvalue weighted by molar-refractivity contribution is 7.98. The first kappa shape index (κ1) is 46.3. The van der Waals surface area contributed by atoms with E-state index >= 15 is 0 Å². The second-order valence-electron chi connectivity index (χ2n) is 21.6. The fourth-order valence-corrected chi connectivity index (χ4v) is 12.1. The standard InChI is InChI=1S/C38H42F4N4O2S.C36H38F4N4O2S/c1-5-44(6-2)17-18-45(22-27-7-11-29(12-8-27)30-13-16-33(26(4)21-30)38(40,41)42)35(47)23-46-34-20-25(3)19-32(34)36(48)43-37(46)49-24-28-9-14-31(39)15-10-28;1-3-42(4-2)20-21-43(22-25-8-12-27(13-9-25)28-14-16-29(17-15-28)36(38,39)40)33(45)23-44-32-7-5-6-31(32)34(46)41-35(44)47-24-26-10-18-30(37)19-11-26/h7-16,21,25H,5-6,17-20,22-24H2,1-4H3;8-19H,3-7,20-24H2,1-2H3/i5D2,6D2,7D,8D,9D,10D,11D,12D,13D,14D,15D,16D,19D2,20D2,21D,25D;3D2,4D2. The van der Waals surface area contributed by atoms with Crippen LogP contribution in [0.4, 0.5) is 35.1 Å². The summed E-state index contributed by atoms with van der Waals surface area (Å²) < 4.78 is 314. The van der Waals surface area contributed by atoms with E-state index in [0.717, 1.165) is 67.3 Å². The van der Waals surface area contributed by atoms with Crippen molar-refractivity contribution in [3.05, 3.63) is 233 Å². The third kappa shape index (κ3) is 19.0. The number of hydrogen-bond donors (Lipinski definition) is 0. The summed E-state index contributed by atoms with van der Waals surface area (Å²) in [6, 6.07) is 6.25. The topological polar surface area (TPSA) is 117 Å². The van der Waals surface area contributed by atoms with E-state index in [1.165, 1.54) is 54.8 Å². The van der Waals surface area contributed by atoms with Crippen molar-refractivity contribution in [3.8, 4) is 22.3 Å². The van der Waals surface area contributed by atoms with Crippen LogP contribution >= 0.6 is 23.5 Å². The molecule has 2 aliphatic carbocycles. The Kier molecular flexibility index (Phi) is 15.9. The molecule has 1 atom stereocenters. The molecule has 2 aromatic heterocycles. The SMILES string of the molecule is [2H]C([2H])(C)N(CCN(Cc1ccc(-c2ccc(C(F)(F)F)cc2)cc1)C(=O)Cn1c(SCc2ccc(F)cc2)nc(=O)c2c1CCC2)C([2H])([2H])C.[2H]c1c([2H])c(CSc2nc(=O)c3c(n2CC(=O)N(CCN(C([2H])([2H])C)C([2H])([2H])C)Cc2c([2H])c([2H])c(-c4c([2H])c([2H])c(C(F)(F)F)c(C)c4[2H])c([2H])c2[2H])C([2H])([2H])C([2H])(C)C3([2H])[2H])c([2H])c([2H])c1F. The molecule has 2 amide bonds. The summed E-state index contributed by atoms with van der Waals surface area (Å²) in [7, 11) is 0. The smallest absolute Gasteiger partial charge is 0.336 e. The summed E-state index contributed by atoms with van der Waals surface area (Å²) >= 11 is 1.67. The molecule has 12 nitrogen and oxygen atoms in total. The highest BCUT2D eigenvalue weighted by Gasteiger charge is 2.34. The van der Waals surface area contributed by atoms with Gasteiger partial charge in [-0.25, -0.2) is 8.78 Å². The van der Waals surface area contributed by atoms with Crippen LogP contribution in [0.3, 0.4) is 0 Å². The van der Waals surface area contributed by atoms with Gasteiger partial charge < -0.3 is 28.7 Å². The largest absolute Gasteiger partial charge is 0.416 e. The monoisotopic (exact) mass is 1380 g/mol. The van der Waals surface area contributed by atoms with Gasteiger partial charge in [-0.3, -0.25) is 19.2 Å². The first-order chi connectivity index (χ1) is 55.1. The number of rotatable bonds is 26. The van der Waals surface area contributed by atoms with E-state index in [9.17, 15) is 54.3 Å². The first-order valence-corrected chi connectivity index (χ1v) is 31.7. The average molecular weight is 1390 g/mol. The van der Waals surface area contributed by atoms with E-state index in [0.29, 0.717) is 67.2 Å². The Morgan fingerprint density at radius 1 is 0.573 bits per heavy atom. The molecule has 8 aromatic rings. The van der Waals surface area contributed by atoms with E-state index in [-0.39, 0.29) is 43.5 Å². The predicted octanol–water partition coefficient (Wildman–Crippen LogP) is 15.0. The van der Waals surface area contributed by atoms with Crippen molar-refractivity contribution in [1.82, 2.24) is 38.7 Å². The third-order valence-electron chi connectivity index (χ3n) is 15.2. The molecule has 22 heteroatoms. The van der Waals surface area contributed by atoms with Crippen molar-refractivity contribution in [2.24, 2.45) is 5.89 Å². The second kappa shape index (κ2) is 32.9. The molecule has 96 heavy (non-hydrogen) atoms. The number of nitrogens with zero attached hydrogens (tertiary/aromatic N) is 8. The van der Waals surface area contributed by atoms with Crippen LogP contribution < -0.4 is 11.1 Å². The van der Waals surface area contributed by atoms with Crippen LogP contribution in [0.25, 0.3) is 22.3 Å². The predicted molar refractivity (Wildman–Crippen MR) is 362 cm³/mol. The van der Waals surface area contributed by atoms with Crippen LogP contribution in [0, 0.1) is 24.5 Å². The van der Waals surface area contributed by atoms with Gasteiger partial charge in [0.2, 0.25) is 11.8 Å². The first-order valence-electron chi connectivity index (χ1n) is 41.8. The molecular formula is C74H80F8N8O4S2. The number of alkyl halides is 6. The van der Waals surface area contributed by atoms with Crippen LogP contribution in [0.15, 0.2) is 159 Å². The number of hydrogen-bond acceptors (Lipinski definition) is 10. The second-order valence-corrected chi connectivity index (χ2v) is 23.5. The van der Waals surface area contributed by atoms with Gasteiger partial charge in [-0.1, -0.05) is 155 Å². The Hall–Kier alpha value is -7.92. The number of amides is 2. The van der Waals surface area contributed by atoms with E-state index in [2.05, 4.69) is 9.97 Å². The molecule has 508 valence electrons. The molecular weight excluding hydrogens is 1280 g/mol. The highest BCUT2D eigenvalue weighted by atomic mass is 32.2. The molecule has 2 heterocycles. The maximum Gasteiger partial charge on any atom is 0.416 e. The van der Waals surface area contributed by atoms with E-state index in [1.807, 2.05) is 0 Å². The average Bonchev–Trinajstić information content (AvgIpc) is 1.52. The van der Waals surface area contributed by atoms with Gasteiger partial charge in [0.15, 0.2) is 10.3 Å². The molecule has 0 radical (unpaired) electrons. The van der Waals surface area contributed by atoms with Gasteiger partial charge in [0.1, 0.15) is 24.7 Å². The maximum atomic E-state index is 14.9. The van der Waals surface area contributed by atoms with Gasteiger partial charge in [-0.05, 0) is 163 Å². The highest BCUT2D eigenvalue weighted by Crippen LogP contribution is 2.36. The molecule has 0 aliphatic heterocycles. The number of fused-ring (bicyclic) bond motifs is 2. The van der Waals surface area contributed by atoms with Gasteiger partial charge in [0.05, 0.1) is 26.2 Å². The van der Waals surface area contributed by atoms with Crippen LogP contribution in [0.2, 0.25) is 0 Å². The molecule has 6 aromatic carbocycles. The van der Waals surface area contributed by atoms with Gasteiger partial charge in [0.25, 0.3) is 11.1 Å². The van der Waals surface area contributed by atoms with E-state index in [4.69, 9.17) is 32.9 Å². The van der Waals surface area contributed by atoms with Crippen molar-refractivity contribution in [1.29, 1.82) is 0 Å². The van der Waals surface area contributed by atoms with Gasteiger partial charge in [-0.15, -0.1) is 0 Å². The number of benzene rings is 6. The van der Waals surface area contributed by atoms with Crippen molar-refractivity contribution in [2.75, 3.05) is 52.2 Å². The minimum absolute atomic E-state index is 0.0337. The molecule has 0 saturated heterocycles. The number of likely N-dealkylation sites (N-methyl/N-ethyl adjacent to an activating group) is 2. The van der Waals surface area contributed by atoms with Crippen LogP contribution in [0.1, 0.15) is 135 Å². The molecule has 2 aliphatic rings. The lowest BCUT2D eigenvalue weighted by Crippen LogP contribution is -2.40. The number of aromatic nitrogens is 4. The van der Waals surface area contributed by atoms with Crippen molar-refractivity contribution >= 4 is 35.3 Å². The molecule has 0 saturated carbocycles. The summed E-state index contributed by atoms with van der Waals surface area (Å²) in [5, 5.41) is -0.288. The molecule has 0 spiro atoms. The third-order valence-corrected chi connectivity index (χ3v) is 17.3. The number of thioether (sulfide) groups is 2. The lowest BCUT2D eigenvalue weighted by molar-refractivity contribution is -0.138. The van der Waals surface area contributed by atoms with Crippen LogP contribution in [-0.2, 0) is 85.2 Å². The van der Waals surface area contributed by atoms with E-state index in [1.54, 1.807) is 41.0 Å². The lowest BCUT2D eigenvalue weighted by Gasteiger charge is -2.28. The van der Waals surface area contributed by atoms with Gasteiger partial charge >= 0.3 is 12.4 Å². The van der Waals surface area contributed by atoms with Crippen molar-refractivity contribution in [3.63, 3.8) is 0 Å². The van der Waals surface area contributed by atoms with Crippen molar-refractivity contribution < 1.29 is 77.6 Å². The van der Waals surface area contributed by atoms with E-state index < -0.39 is 228 Å². The van der Waals surface area contributed by atoms with Crippen LogP contribution in [0.5, 0.6) is 0 Å². The Bertz CT molecular complexity index is 5280. The lowest BCUT2D eigenvalue weighted by atomic mass is 9.98. The van der Waals surface area contributed by atoms with Crippen molar-refractivity contribution in [2.45, 2.75) is 134 Å². The Labute approximate surface area is 597 Å². The normalized spacial score (nSPS) is 19.6. The number of halogens is 8. The molecule has 1 unspecified atom stereocenters. The molecule has 10 rings (SSSR count). The zero-order valence-electron chi connectivity index (χ0n) is 76.7. The Morgan fingerprint density at radius 2 is 1.06 bits per heavy atom. The maximum absolute atomic E-state index is 14.9. The van der Waals surface area contributed by atoms with Gasteiger partial charge in [0, 0.05) is 91.1 Å². The van der Waals surface area contributed by atoms with Gasteiger partial charge in [-0.2, -0.15) is 36.3 Å². The fraction of sp³-hybridized carbons (Fsp3) is 0.378. The summed E-state index contributed by atoms with van der Waals surface area (Å²) in [4.78, 5) is 67.8. The zero-order valence-corrected chi connectivity index (χ0v) is 54.3. The molecule has 0 bridgehead atoms. The summed E-state index contributed by atoms with van der Waals surface area (Å²) in [5.41, 5.74) is -5.58. The molecule has 0 N–H and O–H groups in total. The molecule has 0 fully saturated rings. The van der Waals surface area contributed by atoms with Crippen LogP contribution in [-0.4, -0.2) is 103 Å². The summed E-state index contributed by atoms with van der Waals surface area (Å²) in [6.07, 6.45) is -14.0. The quantitative estimate of drug-likeness (QED) is 0.0295. The summed E-state index contributed by atoms with van der Waals surface area (Å²) in [6.45, 7) is -6.71. The zero-order chi connectivity index (χ0) is 90.1. The summed E-state index contributed by atoms with van der Waals surface area (Å²) in [5.74, 6) is -6.53. The Morgan fingerprint density at radius 3 is 1.60 bits per heavy atom.